The van der Waals surface area contributed by atoms with Crippen molar-refractivity contribution in [3.63, 3.8) is 0 Å². The summed E-state index contributed by atoms with van der Waals surface area (Å²) in [6.07, 6.45) is 2.27. The van der Waals surface area contributed by atoms with E-state index in [1.54, 1.807) is 7.17 Å². The Morgan fingerprint density at radius 2 is 2.57 bits per heavy atom. The van der Waals surface area contributed by atoms with Gasteiger partial charge in [-0.25, -0.2) is 0 Å². The smallest absolute Gasteiger partial charge is 0.0940 e. The molecule has 1 heterocycles. The molecule has 1 unspecified atom stereocenters. The molecular formula is C4H7B2O. The van der Waals surface area contributed by atoms with Crippen molar-refractivity contribution < 1.29 is 4.74 Å². The molecule has 0 amide bonds. The second-order valence-corrected chi connectivity index (χ2v) is 1.74. The monoisotopic (exact) mass is 93.1 g/mol. The first kappa shape index (κ1) is 5.23. The van der Waals surface area contributed by atoms with Gasteiger partial charge in [0.05, 0.1) is 7.17 Å². The third-order valence-electron chi connectivity index (χ3n) is 1.18. The van der Waals surface area contributed by atoms with Gasteiger partial charge in [0.2, 0.25) is 0 Å². The van der Waals surface area contributed by atoms with Crippen molar-refractivity contribution in [2.24, 2.45) is 0 Å². The molecule has 1 rings (SSSR count). The Hall–Kier alpha value is 0.0899. The summed E-state index contributed by atoms with van der Waals surface area (Å²) in [5.41, 5.74) is 0. The molecule has 0 N–H and O–H groups in total. The normalized spacial score (nSPS) is 30.6. The van der Waals surface area contributed by atoms with Gasteiger partial charge >= 0.3 is 0 Å². The van der Waals surface area contributed by atoms with E-state index < -0.39 is 0 Å². The van der Waals surface area contributed by atoms with Crippen LogP contribution in [0.1, 0.15) is 12.8 Å². The summed E-state index contributed by atoms with van der Waals surface area (Å²) in [7, 11) is 6.80. The average Bonchev–Trinajstić information content (AvgIpc) is 2.14. The van der Waals surface area contributed by atoms with E-state index in [2.05, 4.69) is 0 Å². The van der Waals surface area contributed by atoms with Crippen LogP contribution in [0.2, 0.25) is 0 Å². The Kier molecular flexibility index (Phi) is 1.80. The number of hydrogen-bond acceptors (Lipinski definition) is 1. The molecule has 0 spiro atoms. The average molecular weight is 92.7 g/mol. The maximum absolute atomic E-state index is 5.18. The van der Waals surface area contributed by atoms with E-state index in [9.17, 15) is 0 Å². The van der Waals surface area contributed by atoms with E-state index in [4.69, 9.17) is 12.5 Å². The van der Waals surface area contributed by atoms with E-state index >= 15 is 0 Å². The molecular weight excluding hydrogens is 85.7 g/mol. The SMILES string of the molecule is [B][B]C1CCCO1. The van der Waals surface area contributed by atoms with Crippen molar-refractivity contribution in [3.05, 3.63) is 0 Å². The van der Waals surface area contributed by atoms with Crippen LogP contribution < -0.4 is 0 Å². The van der Waals surface area contributed by atoms with Crippen molar-refractivity contribution in [3.8, 4) is 0 Å². The maximum Gasteiger partial charge on any atom is 0.0940 e. The molecule has 1 aliphatic heterocycles. The second-order valence-electron chi connectivity index (χ2n) is 1.74. The molecule has 0 aromatic heterocycles. The molecule has 7 heavy (non-hydrogen) atoms. The lowest BCUT2D eigenvalue weighted by atomic mass is 9.51. The first-order chi connectivity index (χ1) is 3.43. The number of ether oxygens (including phenoxy) is 1. The zero-order chi connectivity index (χ0) is 5.11. The molecule has 1 nitrogen and oxygen atoms in total. The lowest BCUT2D eigenvalue weighted by molar-refractivity contribution is 0.167. The van der Waals surface area contributed by atoms with Crippen molar-refractivity contribution in [1.29, 1.82) is 0 Å². The summed E-state index contributed by atoms with van der Waals surface area (Å²) in [5, 5.41) is 0. The summed E-state index contributed by atoms with van der Waals surface area (Å²) in [6, 6.07) is 0.250. The first-order valence-electron chi connectivity index (χ1n) is 2.60. The molecule has 3 radical (unpaired) electrons. The summed E-state index contributed by atoms with van der Waals surface area (Å²) in [4.78, 5) is 0. The minimum atomic E-state index is 0.250. The Bertz CT molecular complexity index is 51.7. The van der Waals surface area contributed by atoms with Crippen LogP contribution in [-0.4, -0.2) is 27.5 Å². The molecule has 1 aliphatic rings. The Morgan fingerprint density at radius 3 is 2.86 bits per heavy atom. The van der Waals surface area contributed by atoms with Crippen LogP contribution in [0.4, 0.5) is 0 Å². The second kappa shape index (κ2) is 2.41. The third-order valence-corrected chi connectivity index (χ3v) is 1.18. The molecule has 3 heteroatoms. The van der Waals surface area contributed by atoms with Crippen molar-refractivity contribution >= 4 is 14.9 Å². The van der Waals surface area contributed by atoms with Gasteiger partial charge in [-0.2, -0.15) is 0 Å². The third kappa shape index (κ3) is 1.23. The number of hydrogen-bond donors (Lipinski definition) is 0. The summed E-state index contributed by atoms with van der Waals surface area (Å²) < 4.78 is 5.12. The van der Waals surface area contributed by atoms with Crippen LogP contribution in [0.5, 0.6) is 0 Å². The van der Waals surface area contributed by atoms with E-state index in [-0.39, 0.29) is 6.00 Å². The zero-order valence-corrected chi connectivity index (χ0v) is 4.26. The molecule has 0 aromatic rings. The molecule has 0 aromatic carbocycles. The van der Waals surface area contributed by atoms with Crippen molar-refractivity contribution in [2.45, 2.75) is 18.8 Å². The summed E-state index contributed by atoms with van der Waals surface area (Å²) >= 11 is 0. The van der Waals surface area contributed by atoms with Crippen LogP contribution in [0.3, 0.4) is 0 Å². The van der Waals surface area contributed by atoms with Crippen LogP contribution in [0, 0.1) is 0 Å². The van der Waals surface area contributed by atoms with Gasteiger partial charge in [-0.1, -0.05) is 0 Å². The highest BCUT2D eigenvalue weighted by atomic mass is 16.5. The van der Waals surface area contributed by atoms with Gasteiger partial charge in [-0.05, 0) is 12.8 Å². The molecule has 35 valence electrons. The van der Waals surface area contributed by atoms with Gasteiger partial charge in [0.15, 0.2) is 0 Å². The molecule has 0 bridgehead atoms. The highest BCUT2D eigenvalue weighted by molar-refractivity contribution is 6.90. The van der Waals surface area contributed by atoms with Crippen LogP contribution in [0.15, 0.2) is 0 Å². The molecule has 1 saturated heterocycles. The van der Waals surface area contributed by atoms with Gasteiger partial charge in [-0.15, -0.1) is 0 Å². The van der Waals surface area contributed by atoms with Crippen LogP contribution in [0.25, 0.3) is 0 Å². The van der Waals surface area contributed by atoms with Gasteiger partial charge in [0.1, 0.15) is 0 Å². The Morgan fingerprint density at radius 1 is 1.71 bits per heavy atom. The quantitative estimate of drug-likeness (QED) is 0.411. The summed E-state index contributed by atoms with van der Waals surface area (Å²) in [5.74, 6) is 0. The standard InChI is InChI=1S/C4H7B2O/c5-6-4-2-1-3-7-4/h4H,1-3H2. The molecule has 0 aliphatic carbocycles. The fourth-order valence-corrected chi connectivity index (χ4v) is 0.754. The lowest BCUT2D eigenvalue weighted by Crippen LogP contribution is -2.14. The van der Waals surface area contributed by atoms with E-state index in [1.165, 1.54) is 6.42 Å². The molecule has 1 atom stereocenters. The topological polar surface area (TPSA) is 9.23 Å². The lowest BCUT2D eigenvalue weighted by Gasteiger charge is -2.00. The fourth-order valence-electron chi connectivity index (χ4n) is 0.754. The van der Waals surface area contributed by atoms with E-state index in [0.717, 1.165) is 13.0 Å². The maximum atomic E-state index is 5.18. The minimum Gasteiger partial charge on any atom is -0.388 e. The predicted molar refractivity (Wildman–Crippen MR) is 30.5 cm³/mol. The first-order valence-corrected chi connectivity index (χ1v) is 2.60. The van der Waals surface area contributed by atoms with Gasteiger partial charge in [-0.3, -0.25) is 0 Å². The van der Waals surface area contributed by atoms with Crippen LogP contribution >= 0.6 is 0 Å². The molecule has 0 saturated carbocycles. The van der Waals surface area contributed by atoms with Crippen molar-refractivity contribution in [1.82, 2.24) is 0 Å². The molecule has 1 fully saturated rings. The summed E-state index contributed by atoms with van der Waals surface area (Å²) in [6.45, 7) is 0.887. The van der Waals surface area contributed by atoms with Gasteiger partial charge in [0.25, 0.3) is 0 Å². The highest BCUT2D eigenvalue weighted by Crippen LogP contribution is 2.08. The number of rotatable bonds is 1. The van der Waals surface area contributed by atoms with E-state index in [1.807, 2.05) is 0 Å². The van der Waals surface area contributed by atoms with Crippen LogP contribution in [-0.2, 0) is 4.74 Å². The Labute approximate surface area is 46.1 Å². The van der Waals surface area contributed by atoms with E-state index in [0.29, 0.717) is 0 Å². The largest absolute Gasteiger partial charge is 0.388 e. The van der Waals surface area contributed by atoms with Gasteiger partial charge < -0.3 is 4.74 Å². The highest BCUT2D eigenvalue weighted by Gasteiger charge is 2.11. The fraction of sp³-hybridized carbons (Fsp3) is 1.00. The minimum absolute atomic E-state index is 0.250. The Balaban J connectivity index is 2.14. The predicted octanol–water partition coefficient (Wildman–Crippen LogP) is -0.0894. The van der Waals surface area contributed by atoms with Crippen molar-refractivity contribution in [2.75, 3.05) is 6.61 Å². The van der Waals surface area contributed by atoms with Gasteiger partial charge in [0, 0.05) is 20.3 Å². The zero-order valence-electron chi connectivity index (χ0n) is 4.26.